The van der Waals surface area contributed by atoms with Crippen molar-refractivity contribution < 1.29 is 22.4 Å². The number of carbonyl (C=O) groups is 1. The van der Waals surface area contributed by atoms with Crippen LogP contribution >= 0.6 is 11.3 Å². The second kappa shape index (κ2) is 8.56. The highest BCUT2D eigenvalue weighted by atomic mass is 32.2. The van der Waals surface area contributed by atoms with Gasteiger partial charge in [0.15, 0.2) is 15.0 Å². The van der Waals surface area contributed by atoms with Gasteiger partial charge in [0.25, 0.3) is 0 Å². The van der Waals surface area contributed by atoms with Gasteiger partial charge in [-0.25, -0.2) is 13.4 Å². The van der Waals surface area contributed by atoms with Crippen molar-refractivity contribution in [1.82, 2.24) is 4.98 Å². The van der Waals surface area contributed by atoms with Gasteiger partial charge in [-0.15, -0.1) is 0 Å². The minimum Gasteiger partial charge on any atom is -0.496 e. The van der Waals surface area contributed by atoms with Crippen LogP contribution in [0.2, 0.25) is 0 Å². The minimum atomic E-state index is -3.32. The molecule has 0 unspecified atom stereocenters. The monoisotopic (exact) mass is 496 g/mol. The van der Waals surface area contributed by atoms with E-state index in [1.807, 2.05) is 19.1 Å². The molecule has 176 valence electrons. The van der Waals surface area contributed by atoms with Crippen LogP contribution in [0.25, 0.3) is 26.8 Å². The molecule has 4 aromatic rings. The number of hydrogen-bond donors (Lipinski definition) is 1. The average molecular weight is 497 g/mol. The molecule has 0 atom stereocenters. The summed E-state index contributed by atoms with van der Waals surface area (Å²) in [6.07, 6.45) is 6.91. The molecule has 9 heteroatoms. The van der Waals surface area contributed by atoms with E-state index in [4.69, 9.17) is 9.15 Å². The Morgan fingerprint density at radius 3 is 2.76 bits per heavy atom. The number of nitrogens with zero attached hydrogens (tertiary/aromatic N) is 1. The molecule has 34 heavy (non-hydrogen) atoms. The van der Waals surface area contributed by atoms with E-state index in [-0.39, 0.29) is 10.8 Å². The number of methoxy groups -OCH3 is 1. The molecule has 1 amide bonds. The number of rotatable bonds is 5. The summed E-state index contributed by atoms with van der Waals surface area (Å²) in [5.41, 5.74) is 4.28. The molecular weight excluding hydrogens is 472 g/mol. The van der Waals surface area contributed by atoms with Gasteiger partial charge in [-0.1, -0.05) is 11.3 Å². The van der Waals surface area contributed by atoms with E-state index in [1.165, 1.54) is 29.0 Å². The average Bonchev–Trinajstić information content (AvgIpc) is 3.36. The maximum absolute atomic E-state index is 12.8. The molecule has 5 rings (SSSR count). The Morgan fingerprint density at radius 1 is 1.21 bits per heavy atom. The molecular formula is C25H24N2O5S2. The van der Waals surface area contributed by atoms with Gasteiger partial charge < -0.3 is 9.15 Å². The van der Waals surface area contributed by atoms with Gasteiger partial charge in [-0.05, 0) is 56.0 Å². The third-order valence-electron chi connectivity index (χ3n) is 6.07. The first-order valence-corrected chi connectivity index (χ1v) is 13.7. The zero-order chi connectivity index (χ0) is 24.0. The Labute approximate surface area is 201 Å². The van der Waals surface area contributed by atoms with E-state index in [9.17, 15) is 13.2 Å². The van der Waals surface area contributed by atoms with Crippen LogP contribution in [-0.2, 0) is 27.5 Å². The molecule has 1 aliphatic rings. The number of carbonyl (C=O) groups excluding carboxylic acids is 1. The number of hydrogen-bond acceptors (Lipinski definition) is 7. The van der Waals surface area contributed by atoms with Crippen molar-refractivity contribution in [2.75, 3.05) is 18.7 Å². The number of thiazole rings is 1. The van der Waals surface area contributed by atoms with Crippen LogP contribution in [0.15, 0.2) is 45.7 Å². The van der Waals surface area contributed by atoms with E-state index in [0.717, 1.165) is 59.8 Å². The summed E-state index contributed by atoms with van der Waals surface area (Å²) in [5, 5.41) is 4.27. The molecule has 0 aliphatic heterocycles. The van der Waals surface area contributed by atoms with Crippen molar-refractivity contribution >= 4 is 59.0 Å². The lowest BCUT2D eigenvalue weighted by molar-refractivity contribution is -0.111. The van der Waals surface area contributed by atoms with Gasteiger partial charge in [0.05, 0.1) is 22.2 Å². The number of allylic oxidation sites excluding steroid dienone is 1. The third kappa shape index (κ3) is 4.21. The van der Waals surface area contributed by atoms with Crippen LogP contribution < -0.4 is 10.1 Å². The SMILES string of the molecule is COc1cc2oc3c(c2cc1/C(C)=C/C(=O)Nc1nc2ccc(S(C)(=O)=O)cc2s1)CCCC3. The molecule has 0 fully saturated rings. The number of anilines is 1. The molecule has 0 bridgehead atoms. The van der Waals surface area contributed by atoms with E-state index >= 15 is 0 Å². The summed E-state index contributed by atoms with van der Waals surface area (Å²) in [5.74, 6) is 1.37. The number of nitrogens with one attached hydrogen (secondary N) is 1. The second-order valence-electron chi connectivity index (χ2n) is 8.50. The minimum absolute atomic E-state index is 0.223. The lowest BCUT2D eigenvalue weighted by Crippen LogP contribution is -2.08. The first-order chi connectivity index (χ1) is 16.2. The normalized spacial score (nSPS) is 14.4. The van der Waals surface area contributed by atoms with E-state index in [0.29, 0.717) is 21.1 Å². The van der Waals surface area contributed by atoms with Crippen LogP contribution in [0.5, 0.6) is 5.75 Å². The zero-order valence-electron chi connectivity index (χ0n) is 19.1. The van der Waals surface area contributed by atoms with Crippen LogP contribution in [0.3, 0.4) is 0 Å². The number of furan rings is 1. The molecule has 1 aliphatic carbocycles. The van der Waals surface area contributed by atoms with Crippen LogP contribution in [-0.4, -0.2) is 32.7 Å². The van der Waals surface area contributed by atoms with Crippen molar-refractivity contribution in [2.24, 2.45) is 0 Å². The van der Waals surface area contributed by atoms with Gasteiger partial charge in [0.1, 0.15) is 17.1 Å². The maximum Gasteiger partial charge on any atom is 0.250 e. The van der Waals surface area contributed by atoms with Crippen molar-refractivity contribution in [3.05, 3.63) is 53.3 Å². The number of aryl methyl sites for hydroxylation is 2. The lowest BCUT2D eigenvalue weighted by Gasteiger charge is -2.11. The molecule has 2 aromatic carbocycles. The van der Waals surface area contributed by atoms with Gasteiger partial charge in [0.2, 0.25) is 5.91 Å². The fourth-order valence-electron chi connectivity index (χ4n) is 4.37. The molecule has 0 saturated heterocycles. The highest BCUT2D eigenvalue weighted by Crippen LogP contribution is 2.38. The molecule has 7 nitrogen and oxygen atoms in total. The number of amides is 1. The number of benzene rings is 2. The summed E-state index contributed by atoms with van der Waals surface area (Å²) in [6.45, 7) is 1.87. The molecule has 2 heterocycles. The molecule has 0 radical (unpaired) electrons. The largest absolute Gasteiger partial charge is 0.496 e. The number of ether oxygens (including phenoxy) is 1. The first kappa shape index (κ1) is 22.6. The summed E-state index contributed by atoms with van der Waals surface area (Å²) in [6, 6.07) is 8.68. The Bertz CT molecular complexity index is 1580. The van der Waals surface area contributed by atoms with Gasteiger partial charge in [-0.2, -0.15) is 0 Å². The van der Waals surface area contributed by atoms with E-state index in [1.54, 1.807) is 19.2 Å². The Balaban J connectivity index is 1.43. The summed E-state index contributed by atoms with van der Waals surface area (Å²) in [7, 11) is -1.71. The Hall–Kier alpha value is -3.17. The summed E-state index contributed by atoms with van der Waals surface area (Å²) < 4.78 is 36.0. The van der Waals surface area contributed by atoms with Crippen LogP contribution in [0, 0.1) is 0 Å². The molecule has 0 spiro atoms. The van der Waals surface area contributed by atoms with Gasteiger partial charge >= 0.3 is 0 Å². The van der Waals surface area contributed by atoms with Crippen molar-refractivity contribution in [1.29, 1.82) is 0 Å². The predicted molar refractivity (Wildman–Crippen MR) is 134 cm³/mol. The van der Waals surface area contributed by atoms with Crippen molar-refractivity contribution in [3.63, 3.8) is 0 Å². The number of fused-ring (bicyclic) bond motifs is 4. The molecule has 1 N–H and O–H groups in total. The highest BCUT2D eigenvalue weighted by Gasteiger charge is 2.20. The van der Waals surface area contributed by atoms with E-state index in [2.05, 4.69) is 10.3 Å². The fraction of sp³-hybridized carbons (Fsp3) is 0.280. The molecule has 0 saturated carbocycles. The third-order valence-corrected chi connectivity index (χ3v) is 8.11. The Morgan fingerprint density at radius 2 is 2.00 bits per heavy atom. The van der Waals surface area contributed by atoms with Crippen LogP contribution in [0.4, 0.5) is 5.13 Å². The number of aromatic nitrogens is 1. The second-order valence-corrected chi connectivity index (χ2v) is 11.5. The van der Waals surface area contributed by atoms with Gasteiger partial charge in [-0.3, -0.25) is 10.1 Å². The van der Waals surface area contributed by atoms with Gasteiger partial charge in [0, 0.05) is 41.3 Å². The predicted octanol–water partition coefficient (Wildman–Crippen LogP) is 5.38. The smallest absolute Gasteiger partial charge is 0.250 e. The lowest BCUT2D eigenvalue weighted by atomic mass is 9.94. The topological polar surface area (TPSA) is 98.5 Å². The summed E-state index contributed by atoms with van der Waals surface area (Å²) in [4.78, 5) is 17.4. The van der Waals surface area contributed by atoms with E-state index < -0.39 is 9.84 Å². The first-order valence-electron chi connectivity index (χ1n) is 11.0. The number of sulfone groups is 1. The van der Waals surface area contributed by atoms with Crippen molar-refractivity contribution in [2.45, 2.75) is 37.5 Å². The Kier molecular flexibility index (Phi) is 5.69. The maximum atomic E-state index is 12.8. The van der Waals surface area contributed by atoms with Crippen molar-refractivity contribution in [3.8, 4) is 5.75 Å². The summed E-state index contributed by atoms with van der Waals surface area (Å²) >= 11 is 1.23. The van der Waals surface area contributed by atoms with Crippen LogP contribution in [0.1, 0.15) is 36.7 Å². The fourth-order valence-corrected chi connectivity index (χ4v) is 6.00. The zero-order valence-corrected chi connectivity index (χ0v) is 20.7. The standard InChI is InChI=1S/C25H24N2O5S2/c1-14(17-12-18-16-6-4-5-7-20(16)32-22(18)13-21(17)31-2)10-24(28)27-25-26-19-9-8-15(34(3,29)30)11-23(19)33-25/h8-13H,4-7H2,1-3H3,(H,26,27,28)/b14-10+. The highest BCUT2D eigenvalue weighted by molar-refractivity contribution is 7.90. The molecule has 2 aromatic heterocycles. The quantitative estimate of drug-likeness (QED) is 0.373.